The third-order valence-electron chi connectivity index (χ3n) is 4.11. The summed E-state index contributed by atoms with van der Waals surface area (Å²) in [6.07, 6.45) is -0.463. The van der Waals surface area contributed by atoms with Gasteiger partial charge in [-0.2, -0.15) is 0 Å². The fraction of sp³-hybridized carbons (Fsp3) is 0.263. The first-order valence-electron chi connectivity index (χ1n) is 7.93. The molecule has 0 saturated carbocycles. The second-order valence-electron chi connectivity index (χ2n) is 5.99. The lowest BCUT2D eigenvalue weighted by atomic mass is 10.2. The standard InChI is InChI=1S/C19H20N2O3/c1-13-8-10-16(11-9-13)20-18(22)17-14(2)21(17)19(23)24-12-15-6-4-3-5-7-15/h3-11,14,17H,12H2,1-2H3,(H,20,22)/t14-,17-,21?/m0/s1. The van der Waals surface area contributed by atoms with E-state index in [1.54, 1.807) is 0 Å². The molecule has 0 bridgehead atoms. The number of nitrogens with one attached hydrogen (secondary N) is 1. The zero-order chi connectivity index (χ0) is 17.1. The Hall–Kier alpha value is -2.82. The Bertz CT molecular complexity index is 728. The van der Waals surface area contributed by atoms with Gasteiger partial charge in [0.2, 0.25) is 5.91 Å². The number of benzene rings is 2. The molecule has 2 aromatic carbocycles. The van der Waals surface area contributed by atoms with E-state index >= 15 is 0 Å². The molecule has 0 radical (unpaired) electrons. The number of hydrogen-bond donors (Lipinski definition) is 1. The number of hydrogen-bond acceptors (Lipinski definition) is 3. The van der Waals surface area contributed by atoms with Gasteiger partial charge >= 0.3 is 6.09 Å². The Kier molecular flexibility index (Phi) is 4.51. The summed E-state index contributed by atoms with van der Waals surface area (Å²) in [5.41, 5.74) is 2.77. The quantitative estimate of drug-likeness (QED) is 0.878. The molecule has 2 amide bonds. The van der Waals surface area contributed by atoms with Crippen molar-refractivity contribution in [3.63, 3.8) is 0 Å². The van der Waals surface area contributed by atoms with Crippen LogP contribution in [0.15, 0.2) is 54.6 Å². The minimum atomic E-state index is -0.477. The van der Waals surface area contributed by atoms with E-state index in [1.807, 2.05) is 68.4 Å². The summed E-state index contributed by atoms with van der Waals surface area (Å²) in [5.74, 6) is -0.192. The second-order valence-corrected chi connectivity index (χ2v) is 5.99. The van der Waals surface area contributed by atoms with Crippen molar-refractivity contribution >= 4 is 17.7 Å². The van der Waals surface area contributed by atoms with E-state index in [0.29, 0.717) is 0 Å². The molecule has 5 heteroatoms. The zero-order valence-corrected chi connectivity index (χ0v) is 13.7. The fourth-order valence-electron chi connectivity index (χ4n) is 2.62. The van der Waals surface area contributed by atoms with Gasteiger partial charge in [0.05, 0.1) is 6.04 Å². The summed E-state index contributed by atoms with van der Waals surface area (Å²) in [4.78, 5) is 25.9. The largest absolute Gasteiger partial charge is 0.445 e. The average molecular weight is 324 g/mol. The van der Waals surface area contributed by atoms with Crippen molar-refractivity contribution in [2.75, 3.05) is 5.32 Å². The highest BCUT2D eigenvalue weighted by molar-refractivity contribution is 6.00. The SMILES string of the molecule is Cc1ccc(NC(=O)[C@@H]2[C@H](C)N2C(=O)OCc2ccccc2)cc1. The molecule has 2 atom stereocenters. The molecule has 1 aliphatic rings. The number of ether oxygens (including phenoxy) is 1. The van der Waals surface area contributed by atoms with E-state index in [9.17, 15) is 9.59 Å². The summed E-state index contributed by atoms with van der Waals surface area (Å²) in [6, 6.07) is 16.4. The molecule has 1 N–H and O–H groups in total. The third kappa shape index (κ3) is 3.56. The number of carbonyl (C=O) groups excluding carboxylic acids is 2. The van der Waals surface area contributed by atoms with Crippen molar-refractivity contribution in [3.05, 3.63) is 65.7 Å². The van der Waals surface area contributed by atoms with Gasteiger partial charge in [0.25, 0.3) is 0 Å². The minimum absolute atomic E-state index is 0.154. The summed E-state index contributed by atoms with van der Waals surface area (Å²) < 4.78 is 5.28. The van der Waals surface area contributed by atoms with Gasteiger partial charge in [-0.1, -0.05) is 48.0 Å². The first-order chi connectivity index (χ1) is 11.6. The lowest BCUT2D eigenvalue weighted by Gasteiger charge is -2.08. The van der Waals surface area contributed by atoms with E-state index in [2.05, 4.69) is 5.32 Å². The van der Waals surface area contributed by atoms with Crippen LogP contribution in [0.25, 0.3) is 0 Å². The van der Waals surface area contributed by atoms with Crippen LogP contribution in [0.2, 0.25) is 0 Å². The molecule has 1 fully saturated rings. The van der Waals surface area contributed by atoms with Crippen molar-refractivity contribution < 1.29 is 14.3 Å². The molecule has 5 nitrogen and oxygen atoms in total. The number of anilines is 1. The number of rotatable bonds is 4. The van der Waals surface area contributed by atoms with Crippen LogP contribution in [-0.2, 0) is 16.1 Å². The Morgan fingerprint density at radius 1 is 1.08 bits per heavy atom. The summed E-state index contributed by atoms with van der Waals surface area (Å²) in [7, 11) is 0. The van der Waals surface area contributed by atoms with E-state index in [4.69, 9.17) is 4.74 Å². The highest BCUT2D eigenvalue weighted by Crippen LogP contribution is 2.30. The molecule has 0 aromatic heterocycles. The van der Waals surface area contributed by atoms with Gasteiger partial charge in [-0.05, 0) is 31.5 Å². The highest BCUT2D eigenvalue weighted by atomic mass is 16.6. The number of nitrogens with zero attached hydrogens (tertiary/aromatic N) is 1. The van der Waals surface area contributed by atoms with E-state index in [-0.39, 0.29) is 18.6 Å². The molecule has 0 aliphatic carbocycles. The smallest absolute Gasteiger partial charge is 0.411 e. The Labute approximate surface area is 141 Å². The molecule has 0 unspecified atom stereocenters. The van der Waals surface area contributed by atoms with Crippen LogP contribution in [0, 0.1) is 6.92 Å². The predicted molar refractivity (Wildman–Crippen MR) is 91.5 cm³/mol. The van der Waals surface area contributed by atoms with Gasteiger partial charge in [-0.15, -0.1) is 0 Å². The predicted octanol–water partition coefficient (Wildman–Crippen LogP) is 3.34. The van der Waals surface area contributed by atoms with Crippen molar-refractivity contribution in [2.24, 2.45) is 0 Å². The number of amides is 2. The van der Waals surface area contributed by atoms with Gasteiger partial charge < -0.3 is 10.1 Å². The molecule has 1 heterocycles. The molecule has 1 aliphatic heterocycles. The lowest BCUT2D eigenvalue weighted by molar-refractivity contribution is -0.116. The maximum absolute atomic E-state index is 12.3. The molecular weight excluding hydrogens is 304 g/mol. The molecule has 2 aromatic rings. The van der Waals surface area contributed by atoms with Crippen LogP contribution in [0.4, 0.5) is 10.5 Å². The van der Waals surface area contributed by atoms with Crippen LogP contribution in [0.1, 0.15) is 18.1 Å². The lowest BCUT2D eigenvalue weighted by Crippen LogP contribution is -2.24. The zero-order valence-electron chi connectivity index (χ0n) is 13.7. The molecular formula is C19H20N2O3. The van der Waals surface area contributed by atoms with Crippen molar-refractivity contribution in [3.8, 4) is 0 Å². The van der Waals surface area contributed by atoms with Gasteiger partial charge in [0, 0.05) is 5.69 Å². The molecule has 0 spiro atoms. The molecule has 124 valence electrons. The Morgan fingerprint density at radius 2 is 1.75 bits per heavy atom. The topological polar surface area (TPSA) is 58.4 Å². The monoisotopic (exact) mass is 324 g/mol. The fourth-order valence-corrected chi connectivity index (χ4v) is 2.62. The van der Waals surface area contributed by atoms with Gasteiger partial charge in [-0.3, -0.25) is 9.69 Å². The normalized spacial score (nSPS) is 18.8. The molecule has 24 heavy (non-hydrogen) atoms. The maximum Gasteiger partial charge on any atom is 0.411 e. The highest BCUT2D eigenvalue weighted by Gasteiger charge is 2.53. The Morgan fingerprint density at radius 3 is 2.42 bits per heavy atom. The first kappa shape index (κ1) is 16.1. The third-order valence-corrected chi connectivity index (χ3v) is 4.11. The van der Waals surface area contributed by atoms with Crippen LogP contribution in [0.5, 0.6) is 0 Å². The Balaban J connectivity index is 1.53. The molecule has 1 saturated heterocycles. The first-order valence-corrected chi connectivity index (χ1v) is 7.93. The number of aryl methyl sites for hydroxylation is 1. The molecule has 3 rings (SSSR count). The second kappa shape index (κ2) is 6.74. The minimum Gasteiger partial charge on any atom is -0.445 e. The summed E-state index contributed by atoms with van der Waals surface area (Å²) >= 11 is 0. The van der Waals surface area contributed by atoms with Crippen molar-refractivity contribution in [1.29, 1.82) is 0 Å². The van der Waals surface area contributed by atoms with Crippen LogP contribution in [-0.4, -0.2) is 29.0 Å². The average Bonchev–Trinajstić information content (AvgIpc) is 3.27. The maximum atomic E-state index is 12.3. The van der Waals surface area contributed by atoms with E-state index < -0.39 is 12.1 Å². The van der Waals surface area contributed by atoms with Crippen LogP contribution in [0.3, 0.4) is 0 Å². The van der Waals surface area contributed by atoms with Crippen LogP contribution >= 0.6 is 0 Å². The number of carbonyl (C=O) groups is 2. The van der Waals surface area contributed by atoms with Gasteiger partial charge in [-0.25, -0.2) is 4.79 Å². The van der Waals surface area contributed by atoms with Crippen molar-refractivity contribution in [1.82, 2.24) is 4.90 Å². The van der Waals surface area contributed by atoms with Crippen LogP contribution < -0.4 is 5.32 Å². The van der Waals surface area contributed by atoms with E-state index in [1.165, 1.54) is 4.90 Å². The van der Waals surface area contributed by atoms with Gasteiger partial charge in [0.1, 0.15) is 12.6 Å². The summed E-state index contributed by atoms with van der Waals surface area (Å²) in [6.45, 7) is 4.03. The van der Waals surface area contributed by atoms with E-state index in [0.717, 1.165) is 16.8 Å². The van der Waals surface area contributed by atoms with Gasteiger partial charge in [0.15, 0.2) is 0 Å². The van der Waals surface area contributed by atoms with Crippen molar-refractivity contribution in [2.45, 2.75) is 32.5 Å². The summed E-state index contributed by atoms with van der Waals surface area (Å²) in [5, 5.41) is 2.83.